The van der Waals surface area contributed by atoms with E-state index in [0.717, 1.165) is 24.2 Å². The van der Waals surface area contributed by atoms with Gasteiger partial charge in [0.1, 0.15) is 5.75 Å². The van der Waals surface area contributed by atoms with Gasteiger partial charge in [0, 0.05) is 11.0 Å². The van der Waals surface area contributed by atoms with Crippen molar-refractivity contribution in [3.63, 3.8) is 0 Å². The van der Waals surface area contributed by atoms with Gasteiger partial charge in [0.15, 0.2) is 5.78 Å². The van der Waals surface area contributed by atoms with Crippen LogP contribution in [-0.2, 0) is 11.2 Å². The van der Waals surface area contributed by atoms with Crippen molar-refractivity contribution in [1.82, 2.24) is 0 Å². The number of ether oxygens (including phenoxy) is 1. The van der Waals surface area contributed by atoms with E-state index in [4.69, 9.17) is 4.74 Å². The van der Waals surface area contributed by atoms with Crippen LogP contribution in [0.4, 0.5) is 0 Å². The van der Waals surface area contributed by atoms with Crippen LogP contribution in [0.25, 0.3) is 0 Å². The molecular weight excluding hydrogens is 284 g/mol. The number of Topliss-reactive ketones (excluding diaryl/α,β-unsaturated/α-hetero) is 1. The summed E-state index contributed by atoms with van der Waals surface area (Å²) in [6, 6.07) is 6.57. The van der Waals surface area contributed by atoms with Crippen LogP contribution in [0.2, 0.25) is 0 Å². The topological polar surface area (TPSA) is 26.3 Å². The molecule has 3 atom stereocenters. The average molecular weight is 308 g/mol. The van der Waals surface area contributed by atoms with E-state index < -0.39 is 0 Å². The van der Waals surface area contributed by atoms with Crippen molar-refractivity contribution in [1.29, 1.82) is 0 Å². The second-order valence-corrected chi connectivity index (χ2v) is 7.45. The number of ketones is 1. The molecule has 1 aromatic rings. The quantitative estimate of drug-likeness (QED) is 0.798. The third-order valence-electron chi connectivity index (χ3n) is 6.36. The average Bonchev–Trinajstić information content (AvgIpc) is 2.91. The third-order valence-corrected chi connectivity index (χ3v) is 6.36. The Morgan fingerprint density at radius 3 is 2.78 bits per heavy atom. The smallest absolute Gasteiger partial charge is 0.156 e. The lowest BCUT2D eigenvalue weighted by Crippen LogP contribution is -2.37. The van der Waals surface area contributed by atoms with Gasteiger partial charge in [-0.3, -0.25) is 4.79 Å². The SMILES string of the molecule is COc1ccc2c(c1)CC[C@H]1C3=CC=C(C(C)=O)[C@@]3(C)CC[C@H]21. The van der Waals surface area contributed by atoms with Crippen LogP contribution in [-0.4, -0.2) is 12.9 Å². The maximum atomic E-state index is 12.0. The molecule has 120 valence electrons. The Balaban J connectivity index is 1.70. The number of carbonyl (C=O) groups is 1. The standard InChI is InChI=1S/C21H24O2/c1-13(22)19-8-9-20-18-6-4-14-12-15(23-3)5-7-16(14)17(18)10-11-21(19,20)2/h5,7-9,12,17-18H,4,6,10-11H2,1-3H3/t17-,18-,21-/m1/s1. The van der Waals surface area contributed by atoms with Crippen LogP contribution in [0.5, 0.6) is 5.75 Å². The molecule has 0 unspecified atom stereocenters. The van der Waals surface area contributed by atoms with E-state index in [2.05, 4.69) is 37.3 Å². The van der Waals surface area contributed by atoms with E-state index in [1.807, 2.05) is 0 Å². The fraction of sp³-hybridized carbons (Fsp3) is 0.476. The van der Waals surface area contributed by atoms with E-state index in [1.165, 1.54) is 29.5 Å². The molecule has 0 amide bonds. The maximum Gasteiger partial charge on any atom is 0.156 e. The number of hydrogen-bond donors (Lipinski definition) is 0. The molecule has 1 aromatic carbocycles. The number of hydrogen-bond acceptors (Lipinski definition) is 2. The number of fused-ring (bicyclic) bond motifs is 5. The van der Waals surface area contributed by atoms with E-state index in [0.29, 0.717) is 11.8 Å². The van der Waals surface area contributed by atoms with Crippen molar-refractivity contribution < 1.29 is 9.53 Å². The Hall–Kier alpha value is -1.83. The molecule has 2 nitrogen and oxygen atoms in total. The zero-order valence-electron chi connectivity index (χ0n) is 14.2. The summed E-state index contributed by atoms with van der Waals surface area (Å²) in [6.07, 6.45) is 8.88. The van der Waals surface area contributed by atoms with Crippen LogP contribution in [0.15, 0.2) is 41.5 Å². The Bertz CT molecular complexity index is 740. The highest BCUT2D eigenvalue weighted by molar-refractivity contribution is 5.96. The van der Waals surface area contributed by atoms with Crippen molar-refractivity contribution in [2.24, 2.45) is 11.3 Å². The zero-order chi connectivity index (χ0) is 16.2. The number of allylic oxidation sites excluding steroid dienone is 4. The van der Waals surface area contributed by atoms with Crippen LogP contribution in [0.3, 0.4) is 0 Å². The molecule has 0 N–H and O–H groups in total. The first-order valence-corrected chi connectivity index (χ1v) is 8.65. The van der Waals surface area contributed by atoms with Gasteiger partial charge >= 0.3 is 0 Å². The Kier molecular flexibility index (Phi) is 3.26. The molecule has 3 aliphatic rings. The zero-order valence-corrected chi connectivity index (χ0v) is 14.2. The van der Waals surface area contributed by atoms with Gasteiger partial charge in [-0.05, 0) is 67.7 Å². The number of rotatable bonds is 2. The largest absolute Gasteiger partial charge is 0.497 e. The fourth-order valence-electron chi connectivity index (χ4n) is 5.20. The van der Waals surface area contributed by atoms with Crippen molar-refractivity contribution in [2.45, 2.75) is 45.4 Å². The van der Waals surface area contributed by atoms with Crippen molar-refractivity contribution in [3.8, 4) is 5.75 Å². The van der Waals surface area contributed by atoms with E-state index in [-0.39, 0.29) is 11.2 Å². The minimum atomic E-state index is -0.0169. The minimum absolute atomic E-state index is 0.0169. The van der Waals surface area contributed by atoms with Gasteiger partial charge in [-0.15, -0.1) is 0 Å². The summed E-state index contributed by atoms with van der Waals surface area (Å²) in [5, 5.41) is 0. The lowest BCUT2D eigenvalue weighted by Gasteiger charge is -2.47. The molecule has 0 saturated heterocycles. The normalized spacial score (nSPS) is 31.4. The van der Waals surface area contributed by atoms with Gasteiger partial charge in [0.25, 0.3) is 0 Å². The molecule has 23 heavy (non-hydrogen) atoms. The first kappa shape index (κ1) is 14.7. The van der Waals surface area contributed by atoms with Crippen LogP contribution in [0.1, 0.15) is 50.2 Å². The minimum Gasteiger partial charge on any atom is -0.497 e. The van der Waals surface area contributed by atoms with E-state index in [9.17, 15) is 4.79 Å². The highest BCUT2D eigenvalue weighted by Gasteiger charge is 2.48. The number of carbonyl (C=O) groups excluding carboxylic acids is 1. The predicted molar refractivity (Wildman–Crippen MR) is 91.7 cm³/mol. The van der Waals surface area contributed by atoms with E-state index >= 15 is 0 Å². The Morgan fingerprint density at radius 2 is 2.04 bits per heavy atom. The monoisotopic (exact) mass is 308 g/mol. The Labute approximate surface area is 138 Å². The summed E-state index contributed by atoms with van der Waals surface area (Å²) in [7, 11) is 1.73. The van der Waals surface area contributed by atoms with Gasteiger partial charge in [-0.2, -0.15) is 0 Å². The number of benzene rings is 1. The molecule has 1 fully saturated rings. The molecule has 3 aliphatic carbocycles. The molecule has 0 radical (unpaired) electrons. The summed E-state index contributed by atoms with van der Waals surface area (Å²) >= 11 is 0. The molecule has 0 aliphatic heterocycles. The van der Waals surface area contributed by atoms with Crippen molar-refractivity contribution in [3.05, 3.63) is 52.6 Å². The lowest BCUT2D eigenvalue weighted by molar-refractivity contribution is -0.114. The Morgan fingerprint density at radius 1 is 1.22 bits per heavy atom. The second-order valence-electron chi connectivity index (χ2n) is 7.45. The second kappa shape index (κ2) is 5.09. The van der Waals surface area contributed by atoms with Gasteiger partial charge in [-0.25, -0.2) is 0 Å². The molecule has 0 bridgehead atoms. The van der Waals surface area contributed by atoms with Gasteiger partial charge < -0.3 is 4.74 Å². The molecule has 0 spiro atoms. The third kappa shape index (κ3) is 2.04. The summed E-state index contributed by atoms with van der Waals surface area (Å²) in [4.78, 5) is 12.0. The van der Waals surface area contributed by atoms with Crippen molar-refractivity contribution >= 4 is 5.78 Å². The van der Waals surface area contributed by atoms with Crippen LogP contribution in [0, 0.1) is 11.3 Å². The van der Waals surface area contributed by atoms with Gasteiger partial charge in [0.05, 0.1) is 7.11 Å². The molecule has 1 saturated carbocycles. The molecule has 4 rings (SSSR count). The fourth-order valence-corrected chi connectivity index (χ4v) is 5.20. The maximum absolute atomic E-state index is 12.0. The highest BCUT2D eigenvalue weighted by atomic mass is 16.5. The molecule has 0 aromatic heterocycles. The summed E-state index contributed by atoms with van der Waals surface area (Å²) in [5.74, 6) is 2.38. The number of aryl methyl sites for hydroxylation is 1. The lowest BCUT2D eigenvalue weighted by atomic mass is 9.57. The van der Waals surface area contributed by atoms with Crippen molar-refractivity contribution in [2.75, 3.05) is 7.11 Å². The van der Waals surface area contributed by atoms with Crippen LogP contribution >= 0.6 is 0 Å². The van der Waals surface area contributed by atoms with Gasteiger partial charge in [0.2, 0.25) is 0 Å². The molecular formula is C21H24O2. The predicted octanol–water partition coefficient (Wildman–Crippen LogP) is 4.60. The summed E-state index contributed by atoms with van der Waals surface area (Å²) < 4.78 is 5.38. The first-order valence-electron chi connectivity index (χ1n) is 8.65. The van der Waals surface area contributed by atoms with Gasteiger partial charge in [-0.1, -0.05) is 30.7 Å². The van der Waals surface area contributed by atoms with Crippen LogP contribution < -0.4 is 4.74 Å². The molecule has 0 heterocycles. The highest BCUT2D eigenvalue weighted by Crippen LogP contribution is 2.59. The summed E-state index contributed by atoms with van der Waals surface area (Å²) in [5.41, 5.74) is 5.46. The number of methoxy groups -OCH3 is 1. The summed E-state index contributed by atoms with van der Waals surface area (Å²) in [6.45, 7) is 3.99. The molecule has 2 heteroatoms. The first-order chi connectivity index (χ1) is 11.0. The van der Waals surface area contributed by atoms with E-state index in [1.54, 1.807) is 14.0 Å².